The van der Waals surface area contributed by atoms with Gasteiger partial charge in [0.05, 0.1) is 17.2 Å². The van der Waals surface area contributed by atoms with Crippen LogP contribution < -0.4 is 0 Å². The summed E-state index contributed by atoms with van der Waals surface area (Å²) in [6, 6.07) is 3.54. The topological polar surface area (TPSA) is 70.1 Å². The molecule has 1 unspecified atom stereocenters. The molecule has 1 aromatic carbocycles. The molecular formula is C16H18Cl2N2O4. The van der Waals surface area contributed by atoms with Crippen LogP contribution in [0.4, 0.5) is 0 Å². The van der Waals surface area contributed by atoms with Crippen LogP contribution in [0.1, 0.15) is 23.2 Å². The van der Waals surface area contributed by atoms with Gasteiger partial charge < -0.3 is 14.7 Å². The molecule has 24 heavy (non-hydrogen) atoms. The zero-order valence-corrected chi connectivity index (χ0v) is 14.7. The number of carbonyl (C=O) groups excluding carboxylic acids is 1. The Bertz CT molecular complexity index is 674. The summed E-state index contributed by atoms with van der Waals surface area (Å²) in [6.07, 6.45) is 1.12. The van der Waals surface area contributed by atoms with Crippen molar-refractivity contribution >= 4 is 35.1 Å². The number of hydrogen-bond acceptors (Lipinski definition) is 4. The zero-order valence-electron chi connectivity index (χ0n) is 13.2. The maximum Gasteiger partial charge on any atom is 0.328 e. The van der Waals surface area contributed by atoms with Crippen LogP contribution in [0, 0.1) is 0 Å². The van der Waals surface area contributed by atoms with Gasteiger partial charge in [-0.1, -0.05) is 23.2 Å². The van der Waals surface area contributed by atoms with E-state index >= 15 is 0 Å². The van der Waals surface area contributed by atoms with E-state index in [4.69, 9.17) is 27.9 Å². The van der Waals surface area contributed by atoms with E-state index in [-0.39, 0.29) is 17.2 Å². The highest BCUT2D eigenvalue weighted by atomic mass is 35.5. The van der Waals surface area contributed by atoms with Crippen LogP contribution in [0.25, 0.3) is 0 Å². The molecule has 8 heteroatoms. The molecule has 0 radical (unpaired) electrons. The molecule has 0 saturated carbocycles. The number of ether oxygens (including phenoxy) is 1. The molecule has 1 atom stereocenters. The number of hydrogen-bond donors (Lipinski definition) is 1. The van der Waals surface area contributed by atoms with Gasteiger partial charge in [-0.25, -0.2) is 4.79 Å². The molecule has 0 bridgehead atoms. The highest BCUT2D eigenvalue weighted by molar-refractivity contribution is 6.36. The normalized spacial score (nSPS) is 23.6. The first-order chi connectivity index (χ1) is 11.3. The average molecular weight is 373 g/mol. The summed E-state index contributed by atoms with van der Waals surface area (Å²) in [7, 11) is 1.98. The number of halogens is 2. The molecular weight excluding hydrogens is 355 g/mol. The predicted molar refractivity (Wildman–Crippen MR) is 89.5 cm³/mol. The summed E-state index contributed by atoms with van der Waals surface area (Å²) in [5.74, 6) is -1.52. The Balaban J connectivity index is 1.98. The second-order valence-electron chi connectivity index (χ2n) is 6.21. The largest absolute Gasteiger partial charge is 0.480 e. The lowest BCUT2D eigenvalue weighted by Crippen LogP contribution is -2.57. The number of rotatable bonds is 2. The third-order valence-electron chi connectivity index (χ3n) is 4.69. The van der Waals surface area contributed by atoms with E-state index < -0.39 is 23.6 Å². The van der Waals surface area contributed by atoms with Crippen molar-refractivity contribution in [2.45, 2.75) is 24.6 Å². The van der Waals surface area contributed by atoms with E-state index in [1.54, 1.807) is 6.07 Å². The minimum Gasteiger partial charge on any atom is -0.480 e. The lowest BCUT2D eigenvalue weighted by Gasteiger charge is -2.43. The van der Waals surface area contributed by atoms with Gasteiger partial charge in [-0.05, 0) is 25.2 Å². The fourth-order valence-corrected chi connectivity index (χ4v) is 3.81. The number of benzene rings is 1. The molecule has 1 N–H and O–H groups in total. The number of amides is 1. The Kier molecular flexibility index (Phi) is 4.75. The summed E-state index contributed by atoms with van der Waals surface area (Å²) >= 11 is 12.0. The first-order valence-electron chi connectivity index (χ1n) is 7.68. The zero-order chi connectivity index (χ0) is 17.5. The molecule has 1 spiro atoms. The maximum atomic E-state index is 13.1. The van der Waals surface area contributed by atoms with E-state index in [9.17, 15) is 14.7 Å². The van der Waals surface area contributed by atoms with Crippen molar-refractivity contribution < 1.29 is 19.4 Å². The lowest BCUT2D eigenvalue weighted by molar-refractivity contribution is -0.143. The first-order valence-corrected chi connectivity index (χ1v) is 8.44. The number of likely N-dealkylation sites (tertiary alicyclic amines) is 1. The van der Waals surface area contributed by atoms with Crippen molar-refractivity contribution in [3.8, 4) is 0 Å². The molecule has 0 aliphatic carbocycles. The van der Waals surface area contributed by atoms with Gasteiger partial charge in [-0.2, -0.15) is 0 Å². The summed E-state index contributed by atoms with van der Waals surface area (Å²) in [6.45, 7) is 1.44. The van der Waals surface area contributed by atoms with Gasteiger partial charge in [-0.15, -0.1) is 0 Å². The van der Waals surface area contributed by atoms with Crippen LogP contribution in [-0.4, -0.2) is 65.3 Å². The van der Waals surface area contributed by atoms with E-state index in [1.807, 2.05) is 7.05 Å². The van der Waals surface area contributed by atoms with Crippen LogP contribution in [0.2, 0.25) is 10.0 Å². The Morgan fingerprint density at radius 3 is 2.54 bits per heavy atom. The fourth-order valence-electron chi connectivity index (χ4n) is 3.32. The number of carboxylic acids is 1. The van der Waals surface area contributed by atoms with Crippen LogP contribution in [0.15, 0.2) is 18.2 Å². The van der Waals surface area contributed by atoms with Gasteiger partial charge >= 0.3 is 5.97 Å². The van der Waals surface area contributed by atoms with E-state index in [0.29, 0.717) is 17.9 Å². The monoisotopic (exact) mass is 372 g/mol. The van der Waals surface area contributed by atoms with Crippen LogP contribution in [-0.2, 0) is 9.53 Å². The molecule has 2 heterocycles. The van der Waals surface area contributed by atoms with Crippen LogP contribution in [0.5, 0.6) is 0 Å². The van der Waals surface area contributed by atoms with Gasteiger partial charge in [0.15, 0.2) is 6.04 Å². The van der Waals surface area contributed by atoms with Crippen molar-refractivity contribution in [1.82, 2.24) is 9.80 Å². The predicted octanol–water partition coefficient (Wildman–Crippen LogP) is 2.34. The SMILES string of the molecule is CN1CCC2(CC1)OCC(C(=O)O)N2C(=O)c1ccc(Cl)cc1Cl. The highest BCUT2D eigenvalue weighted by Crippen LogP contribution is 2.39. The van der Waals surface area contributed by atoms with E-state index in [0.717, 1.165) is 13.1 Å². The van der Waals surface area contributed by atoms with Crippen molar-refractivity contribution in [3.63, 3.8) is 0 Å². The quantitative estimate of drug-likeness (QED) is 0.862. The van der Waals surface area contributed by atoms with Crippen LogP contribution >= 0.6 is 23.2 Å². The molecule has 3 rings (SSSR count). The number of carbonyl (C=O) groups is 2. The van der Waals surface area contributed by atoms with Crippen molar-refractivity contribution in [2.75, 3.05) is 26.7 Å². The molecule has 2 saturated heterocycles. The first kappa shape index (κ1) is 17.5. The molecule has 130 valence electrons. The molecule has 2 aliphatic rings. The van der Waals surface area contributed by atoms with Crippen molar-refractivity contribution in [3.05, 3.63) is 33.8 Å². The Morgan fingerprint density at radius 1 is 1.29 bits per heavy atom. The summed E-state index contributed by atoms with van der Waals surface area (Å²) in [5, 5.41) is 10.1. The third kappa shape index (κ3) is 2.99. The number of nitrogens with zero attached hydrogens (tertiary/aromatic N) is 2. The summed E-state index contributed by atoms with van der Waals surface area (Å²) in [4.78, 5) is 28.2. The van der Waals surface area contributed by atoms with Gasteiger partial charge in [0, 0.05) is 31.0 Å². The van der Waals surface area contributed by atoms with E-state index in [2.05, 4.69) is 4.90 Å². The standard InChI is InChI=1S/C16H18Cl2N2O4/c1-19-6-4-16(5-7-19)20(13(9-24-16)15(22)23)14(21)11-3-2-10(17)8-12(11)18/h2-3,8,13H,4-7,9H2,1H3,(H,22,23). The minimum absolute atomic E-state index is 0.0179. The van der Waals surface area contributed by atoms with Crippen molar-refractivity contribution in [2.24, 2.45) is 0 Å². The van der Waals surface area contributed by atoms with Crippen molar-refractivity contribution in [1.29, 1.82) is 0 Å². The molecule has 0 aromatic heterocycles. The van der Waals surface area contributed by atoms with Gasteiger partial charge in [-0.3, -0.25) is 9.69 Å². The lowest BCUT2D eigenvalue weighted by atomic mass is 9.97. The average Bonchev–Trinajstić information content (AvgIpc) is 2.89. The fraction of sp³-hybridized carbons (Fsp3) is 0.500. The third-order valence-corrected chi connectivity index (χ3v) is 5.24. The molecule has 6 nitrogen and oxygen atoms in total. The number of piperidine rings is 1. The Hall–Kier alpha value is -1.34. The maximum absolute atomic E-state index is 13.1. The summed E-state index contributed by atoms with van der Waals surface area (Å²) < 4.78 is 5.85. The highest BCUT2D eigenvalue weighted by Gasteiger charge is 2.54. The van der Waals surface area contributed by atoms with Gasteiger partial charge in [0.2, 0.25) is 0 Å². The molecule has 1 aromatic rings. The van der Waals surface area contributed by atoms with E-state index in [1.165, 1.54) is 17.0 Å². The number of carboxylic acid groups (broad SMARTS) is 1. The Labute approximate surface area is 149 Å². The second-order valence-corrected chi connectivity index (χ2v) is 7.06. The minimum atomic E-state index is -1.08. The Morgan fingerprint density at radius 2 is 1.96 bits per heavy atom. The smallest absolute Gasteiger partial charge is 0.328 e. The van der Waals surface area contributed by atoms with Gasteiger partial charge in [0.1, 0.15) is 5.72 Å². The second kappa shape index (κ2) is 6.52. The van der Waals surface area contributed by atoms with Crippen LogP contribution in [0.3, 0.4) is 0 Å². The number of aliphatic carboxylic acids is 1. The molecule has 1 amide bonds. The van der Waals surface area contributed by atoms with Gasteiger partial charge in [0.25, 0.3) is 5.91 Å². The molecule has 2 aliphatic heterocycles. The molecule has 2 fully saturated rings. The summed E-state index contributed by atoms with van der Waals surface area (Å²) in [5.41, 5.74) is -0.661.